The molecule has 1 nitrogen and oxygen atoms in total. The molecule has 288 valence electrons. The Balaban J connectivity index is 0.925. The Labute approximate surface area is 354 Å². The molecule has 14 rings (SSSR count). The van der Waals surface area contributed by atoms with Gasteiger partial charge in [-0.05, 0) is 170 Å². The minimum absolute atomic E-state index is 0.399. The van der Waals surface area contributed by atoms with Crippen LogP contribution in [0.25, 0.3) is 44.5 Å². The van der Waals surface area contributed by atoms with Crippen LogP contribution < -0.4 is 4.90 Å². The van der Waals surface area contributed by atoms with E-state index < -0.39 is 5.41 Å². The van der Waals surface area contributed by atoms with Crippen LogP contribution in [0.15, 0.2) is 194 Å². The van der Waals surface area contributed by atoms with Crippen molar-refractivity contribution in [3.8, 4) is 44.5 Å². The third kappa shape index (κ3) is 4.99. The summed E-state index contributed by atoms with van der Waals surface area (Å²) in [6.45, 7) is 0. The van der Waals surface area contributed by atoms with Gasteiger partial charge in [0.1, 0.15) is 0 Å². The number of hydrogen-bond donors (Lipinski definition) is 0. The molecular weight excluding hydrogens is 723 g/mol. The first-order valence-corrected chi connectivity index (χ1v) is 22.3. The van der Waals surface area contributed by atoms with E-state index in [2.05, 4.69) is 199 Å². The van der Waals surface area contributed by atoms with Crippen molar-refractivity contribution in [2.24, 2.45) is 17.8 Å². The van der Waals surface area contributed by atoms with E-state index in [1.54, 1.807) is 5.56 Å². The molecule has 1 heteroatoms. The lowest BCUT2D eigenvalue weighted by molar-refractivity contribution is -0.00518. The van der Waals surface area contributed by atoms with Crippen LogP contribution in [-0.2, 0) is 10.8 Å². The molecule has 0 aromatic heterocycles. The zero-order valence-corrected chi connectivity index (χ0v) is 33.9. The van der Waals surface area contributed by atoms with Crippen molar-refractivity contribution in [1.82, 2.24) is 0 Å². The number of hydrogen-bond acceptors (Lipinski definition) is 1. The van der Waals surface area contributed by atoms with E-state index in [9.17, 15) is 0 Å². The topological polar surface area (TPSA) is 3.24 Å². The molecule has 6 aliphatic carbocycles. The SMILES string of the molecule is c1ccc(-c2ccc(N(c3ccc(-c4ccc(C56CC7CC(CC(C7)C5)C6)cc4)cc3)c3ccc4c(c3)C3(c5ccccc5-c5ccccc53)c3ccccc3-4)cc2)cc1. The van der Waals surface area contributed by atoms with Crippen molar-refractivity contribution in [3.05, 3.63) is 222 Å². The van der Waals surface area contributed by atoms with E-state index in [4.69, 9.17) is 0 Å². The van der Waals surface area contributed by atoms with Crippen LogP contribution in [0.3, 0.4) is 0 Å². The number of benzene rings is 8. The average Bonchev–Trinajstić information content (AvgIpc) is 3.77. The van der Waals surface area contributed by atoms with Crippen LogP contribution in [0.4, 0.5) is 17.1 Å². The van der Waals surface area contributed by atoms with Gasteiger partial charge >= 0.3 is 0 Å². The van der Waals surface area contributed by atoms with Crippen LogP contribution in [0.5, 0.6) is 0 Å². The number of anilines is 3. The van der Waals surface area contributed by atoms with E-state index in [1.807, 2.05) is 0 Å². The highest BCUT2D eigenvalue weighted by molar-refractivity contribution is 5.96. The minimum atomic E-state index is -0.399. The largest absolute Gasteiger partial charge is 0.310 e. The van der Waals surface area contributed by atoms with Gasteiger partial charge in [0.25, 0.3) is 0 Å². The molecule has 0 atom stereocenters. The normalized spacial score (nSPS) is 22.0. The van der Waals surface area contributed by atoms with Gasteiger partial charge in [-0.3, -0.25) is 0 Å². The van der Waals surface area contributed by atoms with Gasteiger partial charge in [0.2, 0.25) is 0 Å². The van der Waals surface area contributed by atoms with Gasteiger partial charge in [-0.25, -0.2) is 0 Å². The van der Waals surface area contributed by atoms with Crippen molar-refractivity contribution in [1.29, 1.82) is 0 Å². The van der Waals surface area contributed by atoms with Gasteiger partial charge in [0.15, 0.2) is 0 Å². The second-order valence-corrected chi connectivity index (χ2v) is 18.7. The van der Waals surface area contributed by atoms with Gasteiger partial charge in [0, 0.05) is 17.1 Å². The van der Waals surface area contributed by atoms with E-state index in [0.29, 0.717) is 5.41 Å². The summed E-state index contributed by atoms with van der Waals surface area (Å²) in [4.78, 5) is 2.46. The van der Waals surface area contributed by atoms with Gasteiger partial charge < -0.3 is 4.90 Å². The summed E-state index contributed by atoms with van der Waals surface area (Å²) in [5.41, 5.74) is 20.8. The van der Waals surface area contributed by atoms with Crippen molar-refractivity contribution >= 4 is 17.1 Å². The quantitative estimate of drug-likeness (QED) is 0.163. The van der Waals surface area contributed by atoms with Crippen LogP contribution in [-0.4, -0.2) is 0 Å². The molecule has 60 heavy (non-hydrogen) atoms. The second kappa shape index (κ2) is 13.0. The molecule has 1 spiro atoms. The third-order valence-electron chi connectivity index (χ3n) is 15.5. The molecule has 8 aromatic rings. The first-order chi connectivity index (χ1) is 29.6. The monoisotopic (exact) mass is 769 g/mol. The highest BCUT2D eigenvalue weighted by Gasteiger charge is 2.53. The van der Waals surface area contributed by atoms with Gasteiger partial charge in [-0.2, -0.15) is 0 Å². The average molecular weight is 770 g/mol. The Morgan fingerprint density at radius 1 is 0.333 bits per heavy atom. The Morgan fingerprint density at radius 2 is 0.717 bits per heavy atom. The maximum Gasteiger partial charge on any atom is 0.0726 e. The number of nitrogens with zero attached hydrogens (tertiary/aromatic N) is 1. The smallest absolute Gasteiger partial charge is 0.0726 e. The molecule has 0 radical (unpaired) electrons. The predicted octanol–water partition coefficient (Wildman–Crippen LogP) is 15.3. The standard InChI is InChI=1S/C59H47N/c1-2-10-42(11-3-1)44-20-26-47(27-21-44)60(48-28-22-45(23-29-48)43-18-24-46(25-19-43)58-36-39-32-40(37-58)34-41(33-39)38-58)49-30-31-53-52-14-6-9-17-56(52)59(57(53)35-49)54-15-7-4-12-50(54)51-13-5-8-16-55(51)59/h1-31,35,39-41H,32-34,36-38H2. The third-order valence-corrected chi connectivity index (χ3v) is 15.5. The van der Waals surface area contributed by atoms with E-state index >= 15 is 0 Å². The zero-order valence-electron chi connectivity index (χ0n) is 33.9. The maximum absolute atomic E-state index is 2.50. The Hall–Kier alpha value is -6.44. The molecule has 0 saturated heterocycles. The molecular formula is C59H47N. The molecule has 4 saturated carbocycles. The molecule has 0 amide bonds. The lowest BCUT2D eigenvalue weighted by Gasteiger charge is -2.57. The van der Waals surface area contributed by atoms with Crippen LogP contribution in [0, 0.1) is 17.8 Å². The zero-order chi connectivity index (χ0) is 39.4. The molecule has 4 fully saturated rings. The summed E-state index contributed by atoms with van der Waals surface area (Å²) in [7, 11) is 0. The molecule has 0 N–H and O–H groups in total. The summed E-state index contributed by atoms with van der Waals surface area (Å²) in [5, 5.41) is 0. The minimum Gasteiger partial charge on any atom is -0.310 e. The number of fused-ring (bicyclic) bond motifs is 10. The highest BCUT2D eigenvalue weighted by Crippen LogP contribution is 2.64. The summed E-state index contributed by atoms with van der Waals surface area (Å²) in [6, 6.07) is 73.4. The Kier molecular flexibility index (Phi) is 7.48. The fourth-order valence-corrected chi connectivity index (χ4v) is 13.4. The van der Waals surface area contributed by atoms with Crippen LogP contribution in [0.2, 0.25) is 0 Å². The van der Waals surface area contributed by atoms with Crippen LogP contribution >= 0.6 is 0 Å². The van der Waals surface area contributed by atoms with Gasteiger partial charge in [-0.15, -0.1) is 0 Å². The summed E-state index contributed by atoms with van der Waals surface area (Å²) in [6.07, 6.45) is 8.68. The lowest BCUT2D eigenvalue weighted by Crippen LogP contribution is -2.48. The van der Waals surface area contributed by atoms with E-state index in [1.165, 1.54) is 105 Å². The lowest BCUT2D eigenvalue weighted by atomic mass is 9.48. The molecule has 0 aliphatic heterocycles. The first kappa shape index (κ1) is 34.4. The molecule has 6 aliphatic rings. The molecule has 4 bridgehead atoms. The second-order valence-electron chi connectivity index (χ2n) is 18.7. The van der Waals surface area contributed by atoms with Crippen molar-refractivity contribution in [2.45, 2.75) is 49.4 Å². The molecule has 8 aromatic carbocycles. The molecule has 0 heterocycles. The molecule has 0 unspecified atom stereocenters. The van der Waals surface area contributed by atoms with Gasteiger partial charge in [0.05, 0.1) is 5.41 Å². The fraction of sp³-hybridized carbons (Fsp3) is 0.186. The Bertz CT molecular complexity index is 2840. The van der Waals surface area contributed by atoms with E-state index in [-0.39, 0.29) is 0 Å². The highest BCUT2D eigenvalue weighted by atomic mass is 15.1. The number of rotatable bonds is 6. The fourth-order valence-electron chi connectivity index (χ4n) is 13.4. The van der Waals surface area contributed by atoms with Crippen LogP contribution in [0.1, 0.15) is 66.3 Å². The summed E-state index contributed by atoms with van der Waals surface area (Å²) < 4.78 is 0. The maximum atomic E-state index is 2.50. The van der Waals surface area contributed by atoms with Crippen molar-refractivity contribution in [2.75, 3.05) is 4.90 Å². The summed E-state index contributed by atoms with van der Waals surface area (Å²) in [5.74, 6) is 2.87. The Morgan fingerprint density at radius 3 is 1.20 bits per heavy atom. The van der Waals surface area contributed by atoms with Crippen molar-refractivity contribution < 1.29 is 0 Å². The first-order valence-electron chi connectivity index (χ1n) is 22.3. The predicted molar refractivity (Wildman–Crippen MR) is 248 cm³/mol. The van der Waals surface area contributed by atoms with E-state index in [0.717, 1.165) is 34.8 Å². The van der Waals surface area contributed by atoms with Crippen molar-refractivity contribution in [3.63, 3.8) is 0 Å². The van der Waals surface area contributed by atoms with Gasteiger partial charge in [-0.1, -0.05) is 158 Å². The summed E-state index contributed by atoms with van der Waals surface area (Å²) >= 11 is 0.